The Hall–Kier alpha value is -1.75. The van der Waals surface area contributed by atoms with Gasteiger partial charge in [-0.25, -0.2) is 0 Å². The summed E-state index contributed by atoms with van der Waals surface area (Å²) in [6.07, 6.45) is 3.46. The van der Waals surface area contributed by atoms with Gasteiger partial charge in [0.1, 0.15) is 11.5 Å². The SMILES string of the molecule is CCOc1ccc(OCC(=O)N2CCC3(CCNC3)CC2)cc1. The van der Waals surface area contributed by atoms with Gasteiger partial charge in [0.2, 0.25) is 0 Å². The van der Waals surface area contributed by atoms with Crippen LogP contribution >= 0.6 is 0 Å². The average Bonchev–Trinajstić information content (AvgIpc) is 3.03. The zero-order chi connectivity index (χ0) is 16.1. The third kappa shape index (κ3) is 3.96. The van der Waals surface area contributed by atoms with E-state index in [2.05, 4.69) is 5.32 Å². The maximum atomic E-state index is 12.3. The van der Waals surface area contributed by atoms with Crippen molar-refractivity contribution < 1.29 is 14.3 Å². The van der Waals surface area contributed by atoms with Crippen molar-refractivity contribution in [3.05, 3.63) is 24.3 Å². The smallest absolute Gasteiger partial charge is 0.260 e. The van der Waals surface area contributed by atoms with Gasteiger partial charge >= 0.3 is 0 Å². The molecule has 1 N–H and O–H groups in total. The lowest BCUT2D eigenvalue weighted by molar-refractivity contribution is -0.135. The Morgan fingerprint density at radius 2 is 1.78 bits per heavy atom. The van der Waals surface area contributed by atoms with Crippen LogP contribution in [0.2, 0.25) is 0 Å². The molecule has 0 saturated carbocycles. The lowest BCUT2D eigenvalue weighted by Gasteiger charge is -2.38. The van der Waals surface area contributed by atoms with Crippen molar-refractivity contribution in [3.63, 3.8) is 0 Å². The number of carbonyl (C=O) groups excluding carboxylic acids is 1. The van der Waals surface area contributed by atoms with Crippen LogP contribution in [-0.4, -0.2) is 50.2 Å². The Morgan fingerprint density at radius 1 is 1.13 bits per heavy atom. The summed E-state index contributed by atoms with van der Waals surface area (Å²) in [6, 6.07) is 7.41. The molecule has 2 heterocycles. The predicted octanol–water partition coefficient (Wildman–Crippen LogP) is 2.07. The van der Waals surface area contributed by atoms with E-state index < -0.39 is 0 Å². The second-order valence-corrected chi connectivity index (χ2v) is 6.50. The van der Waals surface area contributed by atoms with Gasteiger partial charge in [0.05, 0.1) is 6.61 Å². The van der Waals surface area contributed by atoms with Gasteiger partial charge in [-0.2, -0.15) is 0 Å². The molecule has 1 aromatic rings. The number of ether oxygens (including phenoxy) is 2. The van der Waals surface area contributed by atoms with E-state index >= 15 is 0 Å². The molecule has 0 radical (unpaired) electrons. The number of rotatable bonds is 5. The summed E-state index contributed by atoms with van der Waals surface area (Å²) < 4.78 is 11.0. The van der Waals surface area contributed by atoms with Crippen molar-refractivity contribution >= 4 is 5.91 Å². The Labute approximate surface area is 137 Å². The minimum absolute atomic E-state index is 0.0830. The molecule has 2 aliphatic rings. The van der Waals surface area contributed by atoms with E-state index in [4.69, 9.17) is 9.47 Å². The molecule has 0 unspecified atom stereocenters. The molecular weight excluding hydrogens is 292 g/mol. The van der Waals surface area contributed by atoms with Gasteiger partial charge in [-0.1, -0.05) is 0 Å². The molecule has 23 heavy (non-hydrogen) atoms. The topological polar surface area (TPSA) is 50.8 Å². The Balaban J connectivity index is 1.44. The molecule has 0 aromatic heterocycles. The number of hydrogen-bond acceptors (Lipinski definition) is 4. The lowest BCUT2D eigenvalue weighted by atomic mass is 9.78. The van der Waals surface area contributed by atoms with Crippen molar-refractivity contribution in [3.8, 4) is 11.5 Å². The summed E-state index contributed by atoms with van der Waals surface area (Å²) in [5.74, 6) is 1.60. The molecule has 0 bridgehead atoms. The number of benzene rings is 1. The molecule has 2 aliphatic heterocycles. The fourth-order valence-electron chi connectivity index (χ4n) is 3.49. The quantitative estimate of drug-likeness (QED) is 0.903. The van der Waals surface area contributed by atoms with Crippen molar-refractivity contribution in [2.45, 2.75) is 26.2 Å². The second-order valence-electron chi connectivity index (χ2n) is 6.50. The average molecular weight is 318 g/mol. The number of carbonyl (C=O) groups is 1. The Bertz CT molecular complexity index is 514. The van der Waals surface area contributed by atoms with E-state index in [1.807, 2.05) is 36.1 Å². The molecule has 0 atom stereocenters. The standard InChI is InChI=1S/C18H26N2O3/c1-2-22-15-3-5-16(6-4-15)23-13-17(21)20-11-8-18(9-12-20)7-10-19-14-18/h3-6,19H,2,7-14H2,1H3. The van der Waals surface area contributed by atoms with Crippen molar-refractivity contribution in [2.24, 2.45) is 5.41 Å². The highest BCUT2D eigenvalue weighted by atomic mass is 16.5. The maximum absolute atomic E-state index is 12.3. The van der Waals surface area contributed by atoms with Gasteiger partial charge in [-0.05, 0) is 62.4 Å². The number of piperidine rings is 1. The van der Waals surface area contributed by atoms with E-state index in [0.717, 1.165) is 44.8 Å². The van der Waals surface area contributed by atoms with Crippen LogP contribution in [0.15, 0.2) is 24.3 Å². The van der Waals surface area contributed by atoms with Crippen LogP contribution in [0, 0.1) is 5.41 Å². The van der Waals surface area contributed by atoms with Crippen LogP contribution in [0.1, 0.15) is 26.2 Å². The van der Waals surface area contributed by atoms with Gasteiger partial charge < -0.3 is 19.7 Å². The normalized spacial score (nSPS) is 19.8. The number of hydrogen-bond donors (Lipinski definition) is 1. The van der Waals surface area contributed by atoms with Crippen LogP contribution in [0.5, 0.6) is 11.5 Å². The molecule has 0 aliphatic carbocycles. The van der Waals surface area contributed by atoms with Gasteiger partial charge in [0.25, 0.3) is 5.91 Å². The summed E-state index contributed by atoms with van der Waals surface area (Å²) in [5, 5.41) is 3.45. The van der Waals surface area contributed by atoms with E-state index in [1.165, 1.54) is 6.42 Å². The van der Waals surface area contributed by atoms with Crippen LogP contribution in [0.4, 0.5) is 0 Å². The largest absolute Gasteiger partial charge is 0.494 e. The second kappa shape index (κ2) is 7.21. The van der Waals surface area contributed by atoms with E-state index in [0.29, 0.717) is 17.8 Å². The fraction of sp³-hybridized carbons (Fsp3) is 0.611. The predicted molar refractivity (Wildman–Crippen MR) is 88.8 cm³/mol. The van der Waals surface area contributed by atoms with Crippen molar-refractivity contribution in [1.82, 2.24) is 10.2 Å². The highest BCUT2D eigenvalue weighted by molar-refractivity contribution is 5.77. The first-order valence-corrected chi connectivity index (χ1v) is 8.55. The minimum Gasteiger partial charge on any atom is -0.494 e. The van der Waals surface area contributed by atoms with Crippen LogP contribution < -0.4 is 14.8 Å². The first-order valence-electron chi connectivity index (χ1n) is 8.55. The molecule has 1 spiro atoms. The maximum Gasteiger partial charge on any atom is 0.260 e. The zero-order valence-electron chi connectivity index (χ0n) is 13.8. The molecule has 1 amide bonds. The van der Waals surface area contributed by atoms with Gasteiger partial charge in [0.15, 0.2) is 6.61 Å². The highest BCUT2D eigenvalue weighted by Gasteiger charge is 2.37. The van der Waals surface area contributed by atoms with Crippen LogP contribution in [-0.2, 0) is 4.79 Å². The summed E-state index contributed by atoms with van der Waals surface area (Å²) in [7, 11) is 0. The summed E-state index contributed by atoms with van der Waals surface area (Å²) in [5.41, 5.74) is 0.437. The monoisotopic (exact) mass is 318 g/mol. The third-order valence-electron chi connectivity index (χ3n) is 5.01. The molecule has 5 heteroatoms. The van der Waals surface area contributed by atoms with Crippen molar-refractivity contribution in [1.29, 1.82) is 0 Å². The third-order valence-corrected chi connectivity index (χ3v) is 5.01. The first-order chi connectivity index (χ1) is 11.2. The zero-order valence-corrected chi connectivity index (χ0v) is 13.8. The van der Waals surface area contributed by atoms with Gasteiger partial charge in [-0.3, -0.25) is 4.79 Å². The minimum atomic E-state index is 0.0830. The fourth-order valence-corrected chi connectivity index (χ4v) is 3.49. The first kappa shape index (κ1) is 16.1. The number of amides is 1. The lowest BCUT2D eigenvalue weighted by Crippen LogP contribution is -2.45. The molecule has 1 aromatic carbocycles. The number of likely N-dealkylation sites (tertiary alicyclic amines) is 1. The molecule has 3 rings (SSSR count). The van der Waals surface area contributed by atoms with E-state index in [1.54, 1.807) is 0 Å². The van der Waals surface area contributed by atoms with Crippen LogP contribution in [0.25, 0.3) is 0 Å². The van der Waals surface area contributed by atoms with E-state index in [-0.39, 0.29) is 12.5 Å². The Kier molecular flexibility index (Phi) is 5.06. The van der Waals surface area contributed by atoms with Gasteiger partial charge in [-0.15, -0.1) is 0 Å². The molecule has 2 saturated heterocycles. The van der Waals surface area contributed by atoms with E-state index in [9.17, 15) is 4.79 Å². The summed E-state index contributed by atoms with van der Waals surface area (Å²) >= 11 is 0. The molecule has 2 fully saturated rings. The Morgan fingerprint density at radius 3 is 2.35 bits per heavy atom. The summed E-state index contributed by atoms with van der Waals surface area (Å²) in [4.78, 5) is 14.2. The summed E-state index contributed by atoms with van der Waals surface area (Å²) in [6.45, 7) is 6.64. The highest BCUT2D eigenvalue weighted by Crippen LogP contribution is 2.36. The molecular formula is C18H26N2O3. The van der Waals surface area contributed by atoms with Crippen molar-refractivity contribution in [2.75, 3.05) is 39.4 Å². The number of nitrogens with zero attached hydrogens (tertiary/aromatic N) is 1. The number of nitrogens with one attached hydrogen (secondary N) is 1. The molecule has 5 nitrogen and oxygen atoms in total. The molecule has 126 valence electrons. The van der Waals surface area contributed by atoms with Crippen LogP contribution in [0.3, 0.4) is 0 Å². The van der Waals surface area contributed by atoms with Gasteiger partial charge in [0, 0.05) is 19.6 Å².